The van der Waals surface area contributed by atoms with E-state index in [4.69, 9.17) is 0 Å². The molecule has 0 N–H and O–H groups in total. The Hall–Kier alpha value is -2.89. The smallest absolute Gasteiger partial charge is 0.422 e. The van der Waals surface area contributed by atoms with Crippen molar-refractivity contribution in [3.05, 3.63) is 33.9 Å². The molecule has 2 amide bonds. The third kappa shape index (κ3) is 6.31. The number of hydrogen-bond donors (Lipinski definition) is 0. The molecule has 2 fully saturated rings. The highest BCUT2D eigenvalue weighted by Gasteiger charge is 2.31. The predicted molar refractivity (Wildman–Crippen MR) is 107 cm³/mol. The molecule has 0 saturated carbocycles. The molecule has 176 valence electrons. The van der Waals surface area contributed by atoms with Crippen LogP contribution in [0.5, 0.6) is 5.75 Å². The molecule has 0 bridgehead atoms. The summed E-state index contributed by atoms with van der Waals surface area (Å²) in [7, 11) is 0. The minimum Gasteiger partial charge on any atom is -0.484 e. The van der Waals surface area contributed by atoms with Crippen molar-refractivity contribution in [3.8, 4) is 5.75 Å². The van der Waals surface area contributed by atoms with Crippen molar-refractivity contribution in [1.82, 2.24) is 14.7 Å². The van der Waals surface area contributed by atoms with Crippen LogP contribution in [0.25, 0.3) is 0 Å². The van der Waals surface area contributed by atoms with Crippen molar-refractivity contribution >= 4 is 17.5 Å². The molecule has 0 aliphatic carbocycles. The third-order valence-electron chi connectivity index (χ3n) is 5.52. The van der Waals surface area contributed by atoms with E-state index in [0.717, 1.165) is 50.6 Å². The van der Waals surface area contributed by atoms with Crippen LogP contribution < -0.4 is 4.74 Å². The van der Waals surface area contributed by atoms with Gasteiger partial charge in [0.05, 0.1) is 11.5 Å². The number of piperazine rings is 1. The van der Waals surface area contributed by atoms with Gasteiger partial charge in [0.1, 0.15) is 11.3 Å². The minimum absolute atomic E-state index is 0.0506. The van der Waals surface area contributed by atoms with Crippen LogP contribution in [0, 0.1) is 10.1 Å². The molecule has 2 heterocycles. The van der Waals surface area contributed by atoms with Gasteiger partial charge in [0.15, 0.2) is 6.61 Å². The first kappa shape index (κ1) is 23.8. The van der Waals surface area contributed by atoms with Gasteiger partial charge in [0.25, 0.3) is 11.6 Å². The zero-order valence-electron chi connectivity index (χ0n) is 17.5. The molecule has 0 spiro atoms. The van der Waals surface area contributed by atoms with Gasteiger partial charge < -0.3 is 14.5 Å². The Bertz CT molecular complexity index is 850. The second-order valence-corrected chi connectivity index (χ2v) is 7.85. The van der Waals surface area contributed by atoms with Crippen LogP contribution in [0.4, 0.5) is 18.9 Å². The Morgan fingerprint density at radius 1 is 1.00 bits per heavy atom. The van der Waals surface area contributed by atoms with E-state index in [2.05, 4.69) is 4.74 Å². The number of alkyl halides is 3. The minimum atomic E-state index is -4.58. The normalized spacial score (nSPS) is 17.8. The summed E-state index contributed by atoms with van der Waals surface area (Å²) in [5.74, 6) is -0.882. The highest BCUT2D eigenvalue weighted by molar-refractivity contribution is 5.98. The Morgan fingerprint density at radius 2 is 1.66 bits per heavy atom. The van der Waals surface area contributed by atoms with E-state index >= 15 is 0 Å². The van der Waals surface area contributed by atoms with Crippen LogP contribution in [0.1, 0.15) is 29.6 Å². The van der Waals surface area contributed by atoms with E-state index in [9.17, 15) is 32.9 Å². The topological polar surface area (TPSA) is 96.2 Å². The number of ether oxygens (including phenoxy) is 1. The molecule has 1 aromatic carbocycles. The number of rotatable bonds is 6. The van der Waals surface area contributed by atoms with Gasteiger partial charge in [-0.05, 0) is 31.4 Å². The van der Waals surface area contributed by atoms with E-state index in [1.165, 1.54) is 4.90 Å². The maximum Gasteiger partial charge on any atom is 0.422 e. The standard InChI is InChI=1S/C20H25F3N4O5/c21-20(22,23)14-32-15-4-5-17(27(30)31)16(12-15)19(29)26-10-8-24(9-11-26)13-18(28)25-6-2-1-3-7-25/h4-5,12H,1-3,6-11,13-14H2. The van der Waals surface area contributed by atoms with Gasteiger partial charge in [0, 0.05) is 45.3 Å². The number of halogens is 3. The number of nitro benzene ring substituents is 1. The molecule has 12 heteroatoms. The van der Waals surface area contributed by atoms with Crippen LogP contribution in [0.15, 0.2) is 18.2 Å². The lowest BCUT2D eigenvalue weighted by Crippen LogP contribution is -2.52. The third-order valence-corrected chi connectivity index (χ3v) is 5.52. The van der Waals surface area contributed by atoms with Crippen LogP contribution >= 0.6 is 0 Å². The molecule has 2 aliphatic heterocycles. The summed E-state index contributed by atoms with van der Waals surface area (Å²) >= 11 is 0. The van der Waals surface area contributed by atoms with Crippen molar-refractivity contribution in [3.63, 3.8) is 0 Å². The van der Waals surface area contributed by atoms with Crippen LogP contribution in [0.3, 0.4) is 0 Å². The fourth-order valence-corrected chi connectivity index (χ4v) is 3.81. The SMILES string of the molecule is O=C(CN1CCN(C(=O)c2cc(OCC(F)(F)F)ccc2[N+](=O)[O-])CC1)N1CCCCC1. The second-order valence-electron chi connectivity index (χ2n) is 7.85. The monoisotopic (exact) mass is 458 g/mol. The Balaban J connectivity index is 1.62. The molecule has 32 heavy (non-hydrogen) atoms. The zero-order valence-corrected chi connectivity index (χ0v) is 17.5. The average molecular weight is 458 g/mol. The van der Waals surface area contributed by atoms with Gasteiger partial charge in [-0.1, -0.05) is 0 Å². The van der Waals surface area contributed by atoms with Gasteiger partial charge in [-0.25, -0.2) is 0 Å². The average Bonchev–Trinajstić information content (AvgIpc) is 2.77. The maximum absolute atomic E-state index is 12.9. The first-order chi connectivity index (χ1) is 15.1. The summed E-state index contributed by atoms with van der Waals surface area (Å²) in [4.78, 5) is 41.1. The van der Waals surface area contributed by atoms with Crippen LogP contribution in [-0.4, -0.2) is 90.0 Å². The first-order valence-corrected chi connectivity index (χ1v) is 10.4. The van der Waals surface area contributed by atoms with E-state index < -0.39 is 29.3 Å². The fraction of sp³-hybridized carbons (Fsp3) is 0.600. The fourth-order valence-electron chi connectivity index (χ4n) is 3.81. The molecule has 1 aromatic rings. The van der Waals surface area contributed by atoms with Crippen LogP contribution in [-0.2, 0) is 4.79 Å². The first-order valence-electron chi connectivity index (χ1n) is 10.4. The lowest BCUT2D eigenvalue weighted by molar-refractivity contribution is -0.385. The van der Waals surface area contributed by atoms with Gasteiger partial charge in [-0.15, -0.1) is 0 Å². The van der Waals surface area contributed by atoms with Crippen LogP contribution in [0.2, 0.25) is 0 Å². The summed E-state index contributed by atoms with van der Waals surface area (Å²) < 4.78 is 41.8. The molecule has 3 rings (SSSR count). The van der Waals surface area contributed by atoms with E-state index in [1.807, 2.05) is 9.80 Å². The largest absolute Gasteiger partial charge is 0.484 e. The van der Waals surface area contributed by atoms with Crippen molar-refractivity contribution < 1.29 is 32.4 Å². The lowest BCUT2D eigenvalue weighted by atomic mass is 10.1. The Kier molecular flexibility index (Phi) is 7.54. The quantitative estimate of drug-likeness (QED) is 0.480. The second kappa shape index (κ2) is 10.2. The van der Waals surface area contributed by atoms with Crippen molar-refractivity contribution in [2.45, 2.75) is 25.4 Å². The highest BCUT2D eigenvalue weighted by Crippen LogP contribution is 2.27. The molecule has 9 nitrogen and oxygen atoms in total. The number of piperidine rings is 1. The Labute approximate surface area is 182 Å². The Morgan fingerprint density at radius 3 is 2.25 bits per heavy atom. The predicted octanol–water partition coefficient (Wildman–Crippen LogP) is 2.31. The zero-order chi connectivity index (χ0) is 23.3. The summed E-state index contributed by atoms with van der Waals surface area (Å²) in [5, 5.41) is 11.3. The van der Waals surface area contributed by atoms with Gasteiger partial charge in [-0.3, -0.25) is 24.6 Å². The molecular formula is C20H25F3N4O5. The number of amides is 2. The number of carbonyl (C=O) groups is 2. The number of nitro groups is 1. The van der Waals surface area contributed by atoms with E-state index in [0.29, 0.717) is 13.1 Å². The number of benzene rings is 1. The number of nitrogens with zero attached hydrogens (tertiary/aromatic N) is 4. The molecule has 0 atom stereocenters. The van der Waals surface area contributed by atoms with Gasteiger partial charge in [0.2, 0.25) is 5.91 Å². The maximum atomic E-state index is 12.9. The molecule has 2 saturated heterocycles. The highest BCUT2D eigenvalue weighted by atomic mass is 19.4. The lowest BCUT2D eigenvalue weighted by Gasteiger charge is -2.36. The van der Waals surface area contributed by atoms with Crippen molar-refractivity contribution in [2.24, 2.45) is 0 Å². The molecule has 0 aromatic heterocycles. The van der Waals surface area contributed by atoms with Gasteiger partial charge >= 0.3 is 6.18 Å². The summed E-state index contributed by atoms with van der Waals surface area (Å²) in [6, 6.07) is 2.97. The molecular weight excluding hydrogens is 433 g/mol. The van der Waals surface area contributed by atoms with Crippen molar-refractivity contribution in [1.29, 1.82) is 0 Å². The number of likely N-dealkylation sites (tertiary alicyclic amines) is 1. The van der Waals surface area contributed by atoms with E-state index in [-0.39, 0.29) is 36.9 Å². The van der Waals surface area contributed by atoms with Crippen molar-refractivity contribution in [2.75, 3.05) is 52.4 Å². The summed E-state index contributed by atoms with van der Waals surface area (Å²) in [6.45, 7) is 1.53. The molecule has 0 unspecified atom stereocenters. The van der Waals surface area contributed by atoms with E-state index in [1.54, 1.807) is 0 Å². The number of hydrogen-bond acceptors (Lipinski definition) is 6. The van der Waals surface area contributed by atoms with Gasteiger partial charge in [-0.2, -0.15) is 13.2 Å². The molecule has 0 radical (unpaired) electrons. The summed E-state index contributed by atoms with van der Waals surface area (Å²) in [5.41, 5.74) is -0.829. The molecule has 2 aliphatic rings. The number of carbonyl (C=O) groups excluding carboxylic acids is 2. The summed E-state index contributed by atoms with van der Waals surface area (Å²) in [6.07, 6.45) is -1.45.